The largest absolute Gasteiger partial charge is 0.495 e. The molecule has 0 atom stereocenters. The Kier molecular flexibility index (Phi) is 4.76. The summed E-state index contributed by atoms with van der Waals surface area (Å²) in [5, 5.41) is 3.46. The van der Waals surface area contributed by atoms with Gasteiger partial charge in [-0.1, -0.05) is 11.6 Å². The van der Waals surface area contributed by atoms with Crippen LogP contribution in [0.5, 0.6) is 5.75 Å². The van der Waals surface area contributed by atoms with E-state index >= 15 is 0 Å². The first kappa shape index (κ1) is 15.7. The number of ether oxygens (including phenoxy) is 1. The van der Waals surface area contributed by atoms with Crippen molar-refractivity contribution in [3.8, 4) is 5.75 Å². The molecule has 0 spiro atoms. The molecule has 0 aliphatic heterocycles. The molecule has 0 fully saturated rings. The van der Waals surface area contributed by atoms with Crippen molar-refractivity contribution in [2.75, 3.05) is 19.5 Å². The van der Waals surface area contributed by atoms with E-state index in [0.717, 1.165) is 5.69 Å². The summed E-state index contributed by atoms with van der Waals surface area (Å²) in [5.41, 5.74) is 0.773. The number of benzene rings is 1. The van der Waals surface area contributed by atoms with Gasteiger partial charge in [0.05, 0.1) is 18.7 Å². The Labute approximate surface area is 128 Å². The van der Waals surface area contributed by atoms with E-state index in [-0.39, 0.29) is 5.09 Å². The summed E-state index contributed by atoms with van der Waals surface area (Å²) < 4.78 is 35.6. The Hall–Kier alpha value is -1.70. The van der Waals surface area contributed by atoms with Crippen molar-refractivity contribution in [2.45, 2.75) is 11.6 Å². The molecule has 0 bridgehead atoms. The molecule has 8 heteroatoms. The first-order valence-corrected chi connectivity index (χ1v) is 7.92. The molecule has 0 radical (unpaired) electrons. The number of furan rings is 1. The quantitative estimate of drug-likeness (QED) is 0.850. The van der Waals surface area contributed by atoms with Gasteiger partial charge in [0.2, 0.25) is 5.09 Å². The topological polar surface area (TPSA) is 80.6 Å². The fraction of sp³-hybridized carbons (Fsp3) is 0.231. The third kappa shape index (κ3) is 3.69. The zero-order valence-corrected chi connectivity index (χ0v) is 13.1. The fourth-order valence-corrected chi connectivity index (χ4v) is 2.59. The monoisotopic (exact) mass is 330 g/mol. The lowest BCUT2D eigenvalue weighted by molar-refractivity contribution is 0.414. The third-order valence-electron chi connectivity index (χ3n) is 2.79. The molecule has 1 aromatic heterocycles. The molecule has 2 aromatic rings. The smallest absolute Gasteiger partial charge is 0.273 e. The molecular formula is C13H15ClN2O4S. The molecule has 6 nitrogen and oxygen atoms in total. The maximum atomic E-state index is 11.5. The van der Waals surface area contributed by atoms with E-state index in [1.165, 1.54) is 13.1 Å². The molecule has 0 aliphatic carbocycles. The highest BCUT2D eigenvalue weighted by molar-refractivity contribution is 7.89. The first-order chi connectivity index (χ1) is 9.96. The van der Waals surface area contributed by atoms with Crippen LogP contribution in [0, 0.1) is 0 Å². The van der Waals surface area contributed by atoms with Crippen molar-refractivity contribution in [1.29, 1.82) is 0 Å². The van der Waals surface area contributed by atoms with Crippen molar-refractivity contribution in [3.05, 3.63) is 41.1 Å². The maximum absolute atomic E-state index is 11.5. The van der Waals surface area contributed by atoms with Crippen LogP contribution in [0.4, 0.5) is 5.69 Å². The zero-order valence-electron chi connectivity index (χ0n) is 11.5. The first-order valence-electron chi connectivity index (χ1n) is 6.06. The number of sulfonamides is 1. The molecule has 1 heterocycles. The Morgan fingerprint density at radius 3 is 2.67 bits per heavy atom. The highest BCUT2D eigenvalue weighted by Gasteiger charge is 2.16. The van der Waals surface area contributed by atoms with Crippen molar-refractivity contribution in [1.82, 2.24) is 4.72 Å². The molecule has 114 valence electrons. The highest BCUT2D eigenvalue weighted by atomic mass is 35.5. The average Bonchev–Trinajstić information content (AvgIpc) is 2.95. The molecule has 0 amide bonds. The Bertz CT molecular complexity index is 728. The predicted octanol–water partition coefficient (Wildman–Crippen LogP) is 2.46. The second-order valence-corrected chi connectivity index (χ2v) is 6.36. The molecule has 2 N–H and O–H groups in total. The van der Waals surface area contributed by atoms with Gasteiger partial charge in [-0.25, -0.2) is 13.1 Å². The number of rotatable bonds is 6. The number of hydrogen-bond acceptors (Lipinski definition) is 5. The van der Waals surface area contributed by atoms with Gasteiger partial charge in [0.15, 0.2) is 0 Å². The molecule has 2 rings (SSSR count). The number of halogens is 1. The van der Waals surface area contributed by atoms with Crippen molar-refractivity contribution >= 4 is 27.3 Å². The van der Waals surface area contributed by atoms with Crippen LogP contribution < -0.4 is 14.8 Å². The Morgan fingerprint density at radius 2 is 2.05 bits per heavy atom. The standard InChI is InChI=1S/C13H15ClN2O4S/c1-15-21(17,18)13-6-4-10(20-13)8-16-9-3-5-12(19-2)11(14)7-9/h3-7,15-16H,8H2,1-2H3. The molecule has 1 aromatic carbocycles. The Morgan fingerprint density at radius 1 is 1.29 bits per heavy atom. The number of anilines is 1. The molecule has 21 heavy (non-hydrogen) atoms. The van der Waals surface area contributed by atoms with E-state index in [1.54, 1.807) is 31.4 Å². The second-order valence-electron chi connectivity index (χ2n) is 4.13. The van der Waals surface area contributed by atoms with E-state index in [4.69, 9.17) is 20.8 Å². The second kappa shape index (κ2) is 6.38. The van der Waals surface area contributed by atoms with Crippen LogP contribution in [0.15, 0.2) is 39.8 Å². The third-order valence-corrected chi connectivity index (χ3v) is 4.37. The highest BCUT2D eigenvalue weighted by Crippen LogP contribution is 2.27. The summed E-state index contributed by atoms with van der Waals surface area (Å²) in [6, 6.07) is 8.27. The fourth-order valence-electron chi connectivity index (χ4n) is 1.66. The lowest BCUT2D eigenvalue weighted by atomic mass is 10.3. The van der Waals surface area contributed by atoms with Crippen LogP contribution >= 0.6 is 11.6 Å². The minimum Gasteiger partial charge on any atom is -0.495 e. The Balaban J connectivity index is 2.05. The summed E-state index contributed by atoms with van der Waals surface area (Å²) in [6.07, 6.45) is 0. The number of nitrogens with one attached hydrogen (secondary N) is 2. The summed E-state index contributed by atoms with van der Waals surface area (Å²) in [5.74, 6) is 1.08. The van der Waals surface area contributed by atoms with Gasteiger partial charge in [0.25, 0.3) is 10.0 Å². The van der Waals surface area contributed by atoms with Gasteiger partial charge >= 0.3 is 0 Å². The molecule has 0 aliphatic rings. The lowest BCUT2D eigenvalue weighted by Gasteiger charge is -2.07. The molecular weight excluding hydrogens is 316 g/mol. The lowest BCUT2D eigenvalue weighted by Crippen LogP contribution is -2.17. The molecule has 0 saturated heterocycles. The van der Waals surface area contributed by atoms with Crippen molar-refractivity contribution in [2.24, 2.45) is 0 Å². The molecule has 0 saturated carbocycles. The van der Waals surface area contributed by atoms with E-state index in [1.807, 2.05) is 0 Å². The van der Waals surface area contributed by atoms with Crippen LogP contribution in [-0.4, -0.2) is 22.6 Å². The van der Waals surface area contributed by atoms with Gasteiger partial charge in [-0.05, 0) is 37.4 Å². The van der Waals surface area contributed by atoms with E-state index in [9.17, 15) is 8.42 Å². The molecule has 0 unspecified atom stereocenters. The predicted molar refractivity (Wildman–Crippen MR) is 80.3 cm³/mol. The minimum absolute atomic E-state index is 0.116. The van der Waals surface area contributed by atoms with Crippen LogP contribution in [0.25, 0.3) is 0 Å². The van der Waals surface area contributed by atoms with Gasteiger partial charge in [-0.15, -0.1) is 0 Å². The van der Waals surface area contributed by atoms with Crippen LogP contribution in [-0.2, 0) is 16.6 Å². The van der Waals surface area contributed by atoms with Gasteiger partial charge in [-0.2, -0.15) is 0 Å². The van der Waals surface area contributed by atoms with E-state index < -0.39 is 10.0 Å². The number of methoxy groups -OCH3 is 1. The normalized spacial score (nSPS) is 11.4. The van der Waals surface area contributed by atoms with Crippen LogP contribution in [0.1, 0.15) is 5.76 Å². The van der Waals surface area contributed by atoms with E-state index in [0.29, 0.717) is 23.1 Å². The summed E-state index contributed by atoms with van der Waals surface area (Å²) in [4.78, 5) is 0. The van der Waals surface area contributed by atoms with E-state index in [2.05, 4.69) is 10.0 Å². The minimum atomic E-state index is -3.56. The van der Waals surface area contributed by atoms with Crippen molar-refractivity contribution < 1.29 is 17.6 Å². The van der Waals surface area contributed by atoms with Gasteiger partial charge in [0, 0.05) is 5.69 Å². The summed E-state index contributed by atoms with van der Waals surface area (Å²) in [6.45, 7) is 0.335. The maximum Gasteiger partial charge on any atom is 0.273 e. The zero-order chi connectivity index (χ0) is 15.5. The van der Waals surface area contributed by atoms with Crippen molar-refractivity contribution in [3.63, 3.8) is 0 Å². The van der Waals surface area contributed by atoms with Crippen LogP contribution in [0.3, 0.4) is 0 Å². The van der Waals surface area contributed by atoms with Gasteiger partial charge < -0.3 is 14.5 Å². The van der Waals surface area contributed by atoms with Gasteiger partial charge in [-0.3, -0.25) is 0 Å². The SMILES string of the molecule is CNS(=O)(=O)c1ccc(CNc2ccc(OC)c(Cl)c2)o1. The summed E-state index contributed by atoms with van der Waals surface area (Å²) in [7, 11) is -0.687. The van der Waals surface area contributed by atoms with Crippen LogP contribution in [0.2, 0.25) is 5.02 Å². The summed E-state index contributed by atoms with van der Waals surface area (Å²) >= 11 is 6.02. The number of hydrogen-bond donors (Lipinski definition) is 2. The average molecular weight is 331 g/mol. The van der Waals surface area contributed by atoms with Gasteiger partial charge in [0.1, 0.15) is 11.5 Å².